The van der Waals surface area contributed by atoms with Crippen molar-refractivity contribution in [3.63, 3.8) is 0 Å². The molecule has 42 heavy (non-hydrogen) atoms. The van der Waals surface area contributed by atoms with Gasteiger partial charge in [-0.2, -0.15) is 0 Å². The predicted octanol–water partition coefficient (Wildman–Crippen LogP) is 12.0. The number of fused-ring (bicyclic) bond motifs is 4. The van der Waals surface area contributed by atoms with E-state index in [0.717, 1.165) is 17.1 Å². The number of rotatable bonds is 5. The highest BCUT2D eigenvalue weighted by molar-refractivity contribution is 7.25. The highest BCUT2D eigenvalue weighted by Gasteiger charge is 2.16. The lowest BCUT2D eigenvalue weighted by Gasteiger charge is -2.26. The Labute approximate surface area is 249 Å². The molecule has 0 spiro atoms. The van der Waals surface area contributed by atoms with E-state index in [1.165, 1.54) is 53.2 Å². The Bertz CT molecular complexity index is 2210. The van der Waals surface area contributed by atoms with Gasteiger partial charge in [-0.3, -0.25) is 0 Å². The van der Waals surface area contributed by atoms with Crippen LogP contribution in [0.25, 0.3) is 53.2 Å². The van der Waals surface area contributed by atoms with Crippen molar-refractivity contribution in [2.45, 2.75) is 0 Å². The molecule has 1 heterocycles. The van der Waals surface area contributed by atoms with Gasteiger partial charge in [0.2, 0.25) is 0 Å². The quantitative estimate of drug-likeness (QED) is 0.205. The third-order valence-corrected chi connectivity index (χ3v) is 9.16. The van der Waals surface area contributed by atoms with Crippen molar-refractivity contribution in [1.29, 1.82) is 0 Å². The highest BCUT2D eigenvalue weighted by atomic mass is 32.1. The normalized spacial score (nSPS) is 11.3. The van der Waals surface area contributed by atoms with Crippen molar-refractivity contribution < 1.29 is 0 Å². The second kappa shape index (κ2) is 10.3. The zero-order chi connectivity index (χ0) is 27.9. The van der Waals surface area contributed by atoms with Gasteiger partial charge in [-0.1, -0.05) is 109 Å². The number of anilines is 3. The van der Waals surface area contributed by atoms with Crippen molar-refractivity contribution >= 4 is 59.3 Å². The second-order valence-corrected chi connectivity index (χ2v) is 11.7. The Morgan fingerprint density at radius 2 is 1.00 bits per heavy atom. The predicted molar refractivity (Wildman–Crippen MR) is 182 cm³/mol. The number of benzene rings is 7. The Morgan fingerprint density at radius 3 is 1.86 bits per heavy atom. The van der Waals surface area contributed by atoms with Crippen LogP contribution in [-0.2, 0) is 0 Å². The SMILES string of the molecule is c1ccc(N(c2cccc(-c3ccc4ccccc4c3)c2)c2cccc(-c3cccc4sc5ccccc5c34)c2)cc1. The highest BCUT2D eigenvalue weighted by Crippen LogP contribution is 2.42. The molecule has 0 amide bonds. The van der Waals surface area contributed by atoms with Gasteiger partial charge in [-0.25, -0.2) is 0 Å². The van der Waals surface area contributed by atoms with E-state index in [4.69, 9.17) is 0 Å². The minimum atomic E-state index is 1.13. The van der Waals surface area contributed by atoms with Gasteiger partial charge in [0, 0.05) is 37.2 Å². The molecule has 0 aliphatic rings. The summed E-state index contributed by atoms with van der Waals surface area (Å²) in [5, 5.41) is 5.16. The molecule has 0 atom stereocenters. The second-order valence-electron chi connectivity index (χ2n) is 10.6. The van der Waals surface area contributed by atoms with Gasteiger partial charge in [0.25, 0.3) is 0 Å². The van der Waals surface area contributed by atoms with Gasteiger partial charge in [0.1, 0.15) is 0 Å². The fraction of sp³-hybridized carbons (Fsp3) is 0. The third-order valence-electron chi connectivity index (χ3n) is 8.02. The van der Waals surface area contributed by atoms with Crippen LogP contribution in [0.2, 0.25) is 0 Å². The summed E-state index contributed by atoms with van der Waals surface area (Å²) in [5.74, 6) is 0. The van der Waals surface area contributed by atoms with E-state index in [9.17, 15) is 0 Å². The molecule has 0 bridgehead atoms. The molecule has 2 heteroatoms. The summed E-state index contributed by atoms with van der Waals surface area (Å²) in [5.41, 5.74) is 8.29. The molecule has 0 N–H and O–H groups in total. The molecule has 0 aliphatic carbocycles. The number of hydrogen-bond acceptors (Lipinski definition) is 2. The Balaban J connectivity index is 1.27. The van der Waals surface area contributed by atoms with Crippen molar-refractivity contribution in [2.75, 3.05) is 4.90 Å². The molecule has 8 rings (SSSR count). The van der Waals surface area contributed by atoms with Crippen molar-refractivity contribution in [2.24, 2.45) is 0 Å². The van der Waals surface area contributed by atoms with Gasteiger partial charge in [0.05, 0.1) is 0 Å². The fourth-order valence-electron chi connectivity index (χ4n) is 6.05. The van der Waals surface area contributed by atoms with Crippen molar-refractivity contribution in [3.05, 3.63) is 164 Å². The van der Waals surface area contributed by atoms with Crippen molar-refractivity contribution in [3.8, 4) is 22.3 Å². The number of nitrogens with zero attached hydrogens (tertiary/aromatic N) is 1. The number of hydrogen-bond donors (Lipinski definition) is 0. The first-order chi connectivity index (χ1) is 20.8. The summed E-state index contributed by atoms with van der Waals surface area (Å²) in [6.07, 6.45) is 0. The third kappa shape index (κ3) is 4.34. The van der Waals surface area contributed by atoms with E-state index in [0.29, 0.717) is 0 Å². The van der Waals surface area contributed by atoms with E-state index in [1.807, 2.05) is 11.3 Å². The Kier molecular flexibility index (Phi) is 6.05. The van der Waals surface area contributed by atoms with E-state index in [1.54, 1.807) is 0 Å². The first kappa shape index (κ1) is 24.6. The Hall–Kier alpha value is -5.18. The monoisotopic (exact) mass is 553 g/mol. The van der Waals surface area contributed by atoms with Crippen LogP contribution in [0.1, 0.15) is 0 Å². The molecular weight excluding hydrogens is 527 g/mol. The summed E-state index contributed by atoms with van der Waals surface area (Å²) < 4.78 is 2.65. The van der Waals surface area contributed by atoms with Gasteiger partial charge < -0.3 is 4.90 Å². The molecule has 1 aromatic heterocycles. The van der Waals surface area contributed by atoms with Crippen LogP contribution < -0.4 is 4.90 Å². The van der Waals surface area contributed by atoms with Crippen LogP contribution in [0.15, 0.2) is 164 Å². The first-order valence-corrected chi connectivity index (χ1v) is 15.1. The minimum absolute atomic E-state index is 1.13. The lowest BCUT2D eigenvalue weighted by atomic mass is 9.98. The smallest absolute Gasteiger partial charge is 0.0467 e. The molecule has 8 aromatic rings. The topological polar surface area (TPSA) is 3.24 Å². The van der Waals surface area contributed by atoms with E-state index < -0.39 is 0 Å². The minimum Gasteiger partial charge on any atom is -0.310 e. The van der Waals surface area contributed by atoms with E-state index in [2.05, 4.69) is 169 Å². The molecule has 0 unspecified atom stereocenters. The van der Waals surface area contributed by atoms with Crippen LogP contribution in [0.5, 0.6) is 0 Å². The largest absolute Gasteiger partial charge is 0.310 e. The van der Waals surface area contributed by atoms with Gasteiger partial charge in [0.15, 0.2) is 0 Å². The summed E-state index contributed by atoms with van der Waals surface area (Å²) in [6.45, 7) is 0. The summed E-state index contributed by atoms with van der Waals surface area (Å²) in [4.78, 5) is 2.36. The van der Waals surface area contributed by atoms with Gasteiger partial charge >= 0.3 is 0 Å². The average Bonchev–Trinajstić information content (AvgIpc) is 3.45. The Morgan fingerprint density at radius 1 is 0.381 bits per heavy atom. The maximum Gasteiger partial charge on any atom is 0.0467 e. The molecule has 7 aromatic carbocycles. The summed E-state index contributed by atoms with van der Waals surface area (Å²) >= 11 is 1.86. The van der Waals surface area contributed by atoms with Crippen LogP contribution in [0, 0.1) is 0 Å². The number of thiophene rings is 1. The number of para-hydroxylation sites is 1. The summed E-state index contributed by atoms with van der Waals surface area (Å²) in [6, 6.07) is 59.2. The van der Waals surface area contributed by atoms with E-state index >= 15 is 0 Å². The fourth-order valence-corrected chi connectivity index (χ4v) is 7.18. The average molecular weight is 554 g/mol. The van der Waals surface area contributed by atoms with Crippen LogP contribution in [-0.4, -0.2) is 0 Å². The van der Waals surface area contributed by atoms with Gasteiger partial charge in [-0.15, -0.1) is 11.3 Å². The van der Waals surface area contributed by atoms with Crippen LogP contribution >= 0.6 is 11.3 Å². The maximum atomic E-state index is 2.36. The zero-order valence-electron chi connectivity index (χ0n) is 22.9. The molecule has 0 saturated carbocycles. The molecular formula is C40H27NS. The van der Waals surface area contributed by atoms with Gasteiger partial charge in [-0.05, 0) is 87.6 Å². The van der Waals surface area contributed by atoms with Crippen LogP contribution in [0.3, 0.4) is 0 Å². The molecule has 0 saturated heterocycles. The zero-order valence-corrected chi connectivity index (χ0v) is 23.8. The molecule has 0 radical (unpaired) electrons. The lowest BCUT2D eigenvalue weighted by molar-refractivity contribution is 1.28. The maximum absolute atomic E-state index is 2.36. The van der Waals surface area contributed by atoms with Crippen LogP contribution in [0.4, 0.5) is 17.1 Å². The van der Waals surface area contributed by atoms with Crippen molar-refractivity contribution in [1.82, 2.24) is 0 Å². The molecule has 0 aliphatic heterocycles. The molecule has 0 fully saturated rings. The van der Waals surface area contributed by atoms with E-state index in [-0.39, 0.29) is 0 Å². The molecule has 1 nitrogen and oxygen atoms in total. The first-order valence-electron chi connectivity index (χ1n) is 14.3. The molecule has 198 valence electrons. The summed E-state index contributed by atoms with van der Waals surface area (Å²) in [7, 11) is 0. The lowest BCUT2D eigenvalue weighted by Crippen LogP contribution is -2.10. The standard InChI is InChI=1S/C40H27NS/c1-2-15-33(16-3-1)41(34-17-8-13-30(26-34)31-24-23-28-11-4-5-12-29(28)25-31)35-18-9-14-32(27-35)36-20-10-22-39-40(36)37-19-6-7-21-38(37)42-39/h1-27H.